The molecule has 0 aliphatic carbocycles. The Kier molecular flexibility index (Phi) is 6.31. The van der Waals surface area contributed by atoms with Crippen molar-refractivity contribution in [2.24, 2.45) is 0 Å². The number of carbonyl (C=O) groups is 3. The second-order valence-electron chi connectivity index (χ2n) is 6.71. The summed E-state index contributed by atoms with van der Waals surface area (Å²) >= 11 is 1.68. The summed E-state index contributed by atoms with van der Waals surface area (Å²) < 4.78 is 10.6. The molecule has 1 amide bonds. The van der Waals surface area contributed by atoms with Crippen molar-refractivity contribution in [1.82, 2.24) is 4.90 Å². The highest BCUT2D eigenvalue weighted by molar-refractivity contribution is 7.10. The van der Waals surface area contributed by atoms with Crippen LogP contribution in [-0.2, 0) is 9.53 Å². The molecule has 28 heavy (non-hydrogen) atoms. The number of thiophene rings is 1. The number of nitrogens with zero attached hydrogens (tertiary/aromatic N) is 1. The van der Waals surface area contributed by atoms with Crippen LogP contribution in [0.3, 0.4) is 0 Å². The third kappa shape index (κ3) is 4.18. The molecule has 1 aliphatic heterocycles. The van der Waals surface area contributed by atoms with Gasteiger partial charge in [0, 0.05) is 10.9 Å². The van der Waals surface area contributed by atoms with E-state index in [9.17, 15) is 14.4 Å². The average molecular weight is 404 g/mol. The van der Waals surface area contributed by atoms with Gasteiger partial charge < -0.3 is 9.15 Å². The highest BCUT2D eigenvalue weighted by atomic mass is 32.1. The molecule has 150 valence electrons. The number of Topliss-reactive ketones (excluding diaryl/α,β-unsaturated/α-hetero) is 1. The summed E-state index contributed by atoms with van der Waals surface area (Å²) in [5.41, 5.74) is 0.128. The fourth-order valence-corrected chi connectivity index (χ4v) is 4.52. The smallest absolute Gasteiger partial charge is 0.344 e. The lowest BCUT2D eigenvalue weighted by atomic mass is 10.1. The summed E-state index contributed by atoms with van der Waals surface area (Å²) in [6.45, 7) is 5.78. The van der Waals surface area contributed by atoms with Gasteiger partial charge in [-0.15, -0.1) is 11.3 Å². The molecule has 0 spiro atoms. The first-order chi connectivity index (χ1) is 13.4. The first-order valence-corrected chi connectivity index (χ1v) is 10.2. The molecule has 1 N–H and O–H groups in total. The summed E-state index contributed by atoms with van der Waals surface area (Å²) in [5.74, 6) is -1.04. The van der Waals surface area contributed by atoms with Gasteiger partial charge >= 0.3 is 5.97 Å². The third-order valence-electron chi connectivity index (χ3n) is 4.75. The van der Waals surface area contributed by atoms with Crippen molar-refractivity contribution in [3.63, 3.8) is 0 Å². The van der Waals surface area contributed by atoms with Gasteiger partial charge in [0.05, 0.1) is 18.7 Å². The largest absolute Gasteiger partial charge is 0.462 e. The Morgan fingerprint density at radius 2 is 2.14 bits per heavy atom. The normalized spacial score (nSPS) is 16.9. The van der Waals surface area contributed by atoms with Crippen molar-refractivity contribution in [3.8, 4) is 0 Å². The Hall–Kier alpha value is -2.45. The van der Waals surface area contributed by atoms with E-state index in [0.29, 0.717) is 0 Å². The number of rotatable bonds is 7. The van der Waals surface area contributed by atoms with Crippen LogP contribution < -0.4 is 5.32 Å². The van der Waals surface area contributed by atoms with Crippen LogP contribution in [0.4, 0.5) is 5.88 Å². The van der Waals surface area contributed by atoms with Crippen LogP contribution >= 0.6 is 11.3 Å². The number of esters is 1. The van der Waals surface area contributed by atoms with E-state index in [4.69, 9.17) is 9.15 Å². The maximum atomic E-state index is 12.7. The van der Waals surface area contributed by atoms with E-state index in [1.165, 1.54) is 11.8 Å². The van der Waals surface area contributed by atoms with Gasteiger partial charge in [-0.3, -0.25) is 19.8 Å². The van der Waals surface area contributed by atoms with E-state index < -0.39 is 5.97 Å². The Balaban J connectivity index is 1.77. The number of carbonyl (C=O) groups excluding carboxylic acids is 3. The number of amides is 1. The highest BCUT2D eigenvalue weighted by Crippen LogP contribution is 2.34. The van der Waals surface area contributed by atoms with E-state index in [0.717, 1.165) is 19.4 Å². The molecule has 0 aromatic carbocycles. The molecule has 8 heteroatoms. The topological polar surface area (TPSA) is 88.8 Å². The Morgan fingerprint density at radius 3 is 2.79 bits per heavy atom. The molecule has 0 bridgehead atoms. The zero-order chi connectivity index (χ0) is 20.3. The van der Waals surface area contributed by atoms with Crippen LogP contribution in [0.15, 0.2) is 21.9 Å². The lowest BCUT2D eigenvalue weighted by Crippen LogP contribution is -2.33. The molecular formula is C20H24N2O5S. The minimum Gasteiger partial charge on any atom is -0.462 e. The molecule has 1 fully saturated rings. The number of nitrogens with one attached hydrogen (secondary N) is 1. The second kappa shape index (κ2) is 8.70. The van der Waals surface area contributed by atoms with E-state index in [-0.39, 0.29) is 53.7 Å². The zero-order valence-corrected chi connectivity index (χ0v) is 17.1. The van der Waals surface area contributed by atoms with Gasteiger partial charge in [-0.1, -0.05) is 6.07 Å². The summed E-state index contributed by atoms with van der Waals surface area (Å²) in [7, 11) is 0. The van der Waals surface area contributed by atoms with Crippen LogP contribution in [0.25, 0.3) is 0 Å². The number of hydrogen-bond donors (Lipinski definition) is 1. The van der Waals surface area contributed by atoms with E-state index in [1.807, 2.05) is 11.4 Å². The number of ketones is 1. The molecule has 3 rings (SSSR count). The van der Waals surface area contributed by atoms with Gasteiger partial charge in [0.25, 0.3) is 0 Å². The van der Waals surface area contributed by atoms with Gasteiger partial charge in [-0.25, -0.2) is 4.79 Å². The monoisotopic (exact) mass is 404 g/mol. The molecular weight excluding hydrogens is 380 g/mol. The van der Waals surface area contributed by atoms with Gasteiger partial charge in [-0.2, -0.15) is 0 Å². The molecule has 2 aromatic heterocycles. The molecule has 3 heterocycles. The minimum absolute atomic E-state index is 0.0172. The second-order valence-corrected chi connectivity index (χ2v) is 7.69. The van der Waals surface area contributed by atoms with Crippen molar-refractivity contribution in [1.29, 1.82) is 0 Å². The third-order valence-corrected chi connectivity index (χ3v) is 5.72. The number of furan rings is 1. The van der Waals surface area contributed by atoms with Gasteiger partial charge in [0.2, 0.25) is 11.8 Å². The van der Waals surface area contributed by atoms with Gasteiger partial charge in [0.1, 0.15) is 11.3 Å². The minimum atomic E-state index is -0.683. The molecule has 7 nitrogen and oxygen atoms in total. The zero-order valence-electron chi connectivity index (χ0n) is 16.2. The van der Waals surface area contributed by atoms with Gasteiger partial charge in [0.15, 0.2) is 5.78 Å². The van der Waals surface area contributed by atoms with Crippen LogP contribution in [0.2, 0.25) is 0 Å². The summed E-state index contributed by atoms with van der Waals surface area (Å²) in [5, 5.41) is 4.70. The van der Waals surface area contributed by atoms with Crippen LogP contribution in [0, 0.1) is 6.92 Å². The lowest BCUT2D eigenvalue weighted by molar-refractivity contribution is -0.117. The molecule has 2 aromatic rings. The summed E-state index contributed by atoms with van der Waals surface area (Å²) in [4.78, 5) is 40.3. The predicted molar refractivity (Wildman–Crippen MR) is 106 cm³/mol. The number of hydrogen-bond acceptors (Lipinski definition) is 7. The lowest BCUT2D eigenvalue weighted by Gasteiger charge is -2.22. The van der Waals surface area contributed by atoms with Crippen LogP contribution in [0.5, 0.6) is 0 Å². The van der Waals surface area contributed by atoms with E-state index >= 15 is 0 Å². The van der Waals surface area contributed by atoms with Gasteiger partial charge in [-0.05, 0) is 51.6 Å². The van der Waals surface area contributed by atoms with Crippen LogP contribution in [-0.4, -0.2) is 42.3 Å². The summed E-state index contributed by atoms with van der Waals surface area (Å²) in [6.07, 6.45) is 2.04. The highest BCUT2D eigenvalue weighted by Gasteiger charge is 2.31. The van der Waals surface area contributed by atoms with Crippen molar-refractivity contribution in [2.75, 3.05) is 25.0 Å². The first kappa shape index (κ1) is 20.3. The number of ether oxygens (including phenoxy) is 1. The average Bonchev–Trinajstić information content (AvgIpc) is 3.34. The van der Waals surface area contributed by atoms with Crippen molar-refractivity contribution >= 4 is 34.9 Å². The molecule has 0 saturated carbocycles. The number of likely N-dealkylation sites (tertiary alicyclic amines) is 1. The van der Waals surface area contributed by atoms with E-state index in [2.05, 4.69) is 16.3 Å². The maximum Gasteiger partial charge on any atom is 0.344 e. The standard InChI is InChI=1S/C20H24N2O5S/c1-4-26-20(25)18-17(12(2)23)13(3)27-19(18)21-16(24)11-22-9-5-7-14(22)15-8-6-10-28-15/h6,8,10,14H,4-5,7,9,11H2,1-3H3,(H,21,24)/t14-/m1/s1. The number of anilines is 1. The maximum absolute atomic E-state index is 12.7. The SMILES string of the molecule is CCOC(=O)c1c(NC(=O)CN2CCC[C@@H]2c2cccs2)oc(C)c1C(C)=O. The first-order valence-electron chi connectivity index (χ1n) is 9.31. The van der Waals surface area contributed by atoms with E-state index in [1.54, 1.807) is 25.2 Å². The molecule has 0 unspecified atom stereocenters. The summed E-state index contributed by atoms with van der Waals surface area (Å²) in [6, 6.07) is 4.32. The Labute approximate surface area is 167 Å². The van der Waals surface area contributed by atoms with Crippen molar-refractivity contribution in [2.45, 2.75) is 39.7 Å². The molecule has 1 aliphatic rings. The molecule has 1 saturated heterocycles. The van der Waals surface area contributed by atoms with Crippen LogP contribution in [0.1, 0.15) is 64.1 Å². The number of aryl methyl sites for hydroxylation is 1. The molecule has 0 radical (unpaired) electrons. The predicted octanol–water partition coefficient (Wildman–Crippen LogP) is 3.80. The fourth-order valence-electron chi connectivity index (χ4n) is 3.62. The fraction of sp³-hybridized carbons (Fsp3) is 0.450. The molecule has 1 atom stereocenters. The van der Waals surface area contributed by atoms with Crippen molar-refractivity contribution in [3.05, 3.63) is 39.3 Å². The Morgan fingerprint density at radius 1 is 1.36 bits per heavy atom. The Bertz CT molecular complexity index is 872. The van der Waals surface area contributed by atoms with Crippen molar-refractivity contribution < 1.29 is 23.5 Å². The quantitative estimate of drug-likeness (QED) is 0.558.